The van der Waals surface area contributed by atoms with Gasteiger partial charge in [0.25, 0.3) is 0 Å². The molecule has 1 atom stereocenters. The van der Waals surface area contributed by atoms with E-state index >= 15 is 0 Å². The second kappa shape index (κ2) is 7.26. The number of aromatic hydroxyl groups is 1. The number of phenols is 1. The molecule has 0 bridgehead atoms. The Labute approximate surface area is 128 Å². The number of phenolic OH excluding ortho intramolecular Hbond substituents is 1. The molecule has 0 heterocycles. The Kier molecular flexibility index (Phi) is 6.26. The number of hydrogen-bond acceptors (Lipinski definition) is 5. The van der Waals surface area contributed by atoms with E-state index in [0.29, 0.717) is 29.9 Å². The topological polar surface area (TPSA) is 65.0 Å². The van der Waals surface area contributed by atoms with Gasteiger partial charge in [-0.25, -0.2) is 0 Å². The van der Waals surface area contributed by atoms with Gasteiger partial charge in [-0.05, 0) is 54.6 Å². The summed E-state index contributed by atoms with van der Waals surface area (Å²) in [5.41, 5.74) is 0.175. The van der Waals surface area contributed by atoms with Crippen molar-refractivity contribution in [3.8, 4) is 11.5 Å². The lowest BCUT2D eigenvalue weighted by molar-refractivity contribution is 0.0336. The molecular formula is C14H23BrN2O3. The predicted molar refractivity (Wildman–Crippen MR) is 83.2 cm³/mol. The van der Waals surface area contributed by atoms with Gasteiger partial charge in [-0.3, -0.25) is 0 Å². The van der Waals surface area contributed by atoms with Gasteiger partial charge in [0, 0.05) is 19.6 Å². The molecule has 0 spiro atoms. The summed E-state index contributed by atoms with van der Waals surface area (Å²) in [6.45, 7) is 3.45. The zero-order valence-electron chi connectivity index (χ0n) is 12.4. The molecule has 0 aromatic heterocycles. The second-order valence-corrected chi connectivity index (χ2v) is 6.32. The normalized spacial score (nSPS) is 14.3. The first-order chi connectivity index (χ1) is 9.25. The Morgan fingerprint density at radius 2 is 2.05 bits per heavy atom. The molecule has 0 aliphatic carbocycles. The fourth-order valence-corrected chi connectivity index (χ4v) is 2.59. The van der Waals surface area contributed by atoms with E-state index in [0.717, 1.165) is 5.56 Å². The van der Waals surface area contributed by atoms with Crippen molar-refractivity contribution in [3.63, 3.8) is 0 Å². The molecule has 1 unspecified atom stereocenters. The van der Waals surface area contributed by atoms with Gasteiger partial charge in [0.2, 0.25) is 0 Å². The lowest BCUT2D eigenvalue weighted by Crippen LogP contribution is -2.45. The zero-order valence-corrected chi connectivity index (χ0v) is 14.0. The fraction of sp³-hybridized carbons (Fsp3) is 0.571. The van der Waals surface area contributed by atoms with Gasteiger partial charge < -0.3 is 25.2 Å². The van der Waals surface area contributed by atoms with E-state index in [1.807, 2.05) is 25.1 Å². The average molecular weight is 347 g/mol. The molecule has 114 valence electrons. The van der Waals surface area contributed by atoms with Crippen molar-refractivity contribution in [2.24, 2.45) is 0 Å². The minimum Gasteiger partial charge on any atom is -0.503 e. The van der Waals surface area contributed by atoms with Gasteiger partial charge in [0.05, 0.1) is 17.2 Å². The molecule has 3 N–H and O–H groups in total. The smallest absolute Gasteiger partial charge is 0.172 e. The molecule has 20 heavy (non-hydrogen) atoms. The average Bonchev–Trinajstić information content (AvgIpc) is 2.31. The van der Waals surface area contributed by atoms with Crippen molar-refractivity contribution in [3.05, 3.63) is 22.2 Å². The van der Waals surface area contributed by atoms with Crippen LogP contribution in [0.25, 0.3) is 0 Å². The van der Waals surface area contributed by atoms with E-state index < -0.39 is 5.60 Å². The molecule has 0 amide bonds. The van der Waals surface area contributed by atoms with Crippen LogP contribution in [0, 0.1) is 0 Å². The number of nitrogens with zero attached hydrogens (tertiary/aromatic N) is 1. The Bertz CT molecular complexity index is 450. The van der Waals surface area contributed by atoms with E-state index in [4.69, 9.17) is 4.74 Å². The quantitative estimate of drug-likeness (QED) is 0.699. The van der Waals surface area contributed by atoms with E-state index in [1.54, 1.807) is 13.0 Å². The third kappa shape index (κ3) is 5.28. The van der Waals surface area contributed by atoms with Crippen LogP contribution in [0.2, 0.25) is 0 Å². The van der Waals surface area contributed by atoms with Gasteiger partial charge in [-0.1, -0.05) is 0 Å². The minimum absolute atomic E-state index is 0.0934. The second-order valence-electron chi connectivity index (χ2n) is 5.47. The molecule has 0 fully saturated rings. The monoisotopic (exact) mass is 346 g/mol. The van der Waals surface area contributed by atoms with Gasteiger partial charge in [0.15, 0.2) is 11.5 Å². The summed E-state index contributed by atoms with van der Waals surface area (Å²) in [7, 11) is 5.37. The summed E-state index contributed by atoms with van der Waals surface area (Å²) in [6.07, 6.45) is 0. The Morgan fingerprint density at radius 1 is 1.40 bits per heavy atom. The van der Waals surface area contributed by atoms with E-state index in [9.17, 15) is 10.2 Å². The molecule has 0 saturated carbocycles. The predicted octanol–water partition coefficient (Wildman–Crippen LogP) is 1.57. The maximum absolute atomic E-state index is 10.2. The van der Waals surface area contributed by atoms with Gasteiger partial charge >= 0.3 is 0 Å². The van der Waals surface area contributed by atoms with Crippen molar-refractivity contribution in [2.75, 3.05) is 34.3 Å². The molecule has 0 saturated heterocycles. The number of likely N-dealkylation sites (N-methyl/N-ethyl adjacent to an activating group) is 1. The van der Waals surface area contributed by atoms with Crippen LogP contribution >= 0.6 is 15.9 Å². The van der Waals surface area contributed by atoms with Crippen LogP contribution in [-0.2, 0) is 6.54 Å². The van der Waals surface area contributed by atoms with E-state index in [2.05, 4.69) is 21.2 Å². The molecule has 1 rings (SSSR count). The first-order valence-electron chi connectivity index (χ1n) is 6.38. The Hall–Kier alpha value is -0.820. The van der Waals surface area contributed by atoms with Crippen LogP contribution in [0.15, 0.2) is 16.6 Å². The molecule has 5 nitrogen and oxygen atoms in total. The van der Waals surface area contributed by atoms with Crippen LogP contribution in [0.1, 0.15) is 12.5 Å². The Balaban J connectivity index is 2.60. The fourth-order valence-electron chi connectivity index (χ4n) is 2.10. The summed E-state index contributed by atoms with van der Waals surface area (Å²) in [5.74, 6) is 0.520. The van der Waals surface area contributed by atoms with Crippen LogP contribution in [0.3, 0.4) is 0 Å². The number of methoxy groups -OCH3 is 1. The zero-order chi connectivity index (χ0) is 15.3. The summed E-state index contributed by atoms with van der Waals surface area (Å²) in [5, 5.41) is 23.1. The lowest BCUT2D eigenvalue weighted by Gasteiger charge is -2.27. The highest BCUT2D eigenvalue weighted by atomic mass is 79.9. The van der Waals surface area contributed by atoms with Gasteiger partial charge in [0.1, 0.15) is 0 Å². The third-order valence-electron chi connectivity index (χ3n) is 2.80. The molecular weight excluding hydrogens is 324 g/mol. The molecule has 1 aromatic rings. The molecule has 0 aliphatic heterocycles. The van der Waals surface area contributed by atoms with Crippen molar-refractivity contribution in [1.82, 2.24) is 10.2 Å². The molecule has 0 radical (unpaired) electrons. The SMILES string of the molecule is COc1cc(CNCC(C)(O)CN(C)C)cc(Br)c1O. The molecule has 0 aliphatic rings. The number of rotatable bonds is 7. The highest BCUT2D eigenvalue weighted by Crippen LogP contribution is 2.35. The number of ether oxygens (including phenoxy) is 1. The Morgan fingerprint density at radius 3 is 2.60 bits per heavy atom. The largest absolute Gasteiger partial charge is 0.503 e. The van der Waals surface area contributed by atoms with Crippen molar-refractivity contribution >= 4 is 15.9 Å². The van der Waals surface area contributed by atoms with Crippen molar-refractivity contribution in [1.29, 1.82) is 0 Å². The van der Waals surface area contributed by atoms with Crippen LogP contribution in [0.4, 0.5) is 0 Å². The standard InChI is InChI=1S/C14H23BrN2O3/c1-14(19,9-17(2)3)8-16-7-10-5-11(15)13(18)12(6-10)20-4/h5-6,16,18-19H,7-9H2,1-4H3. The maximum atomic E-state index is 10.2. The summed E-state index contributed by atoms with van der Waals surface area (Å²) >= 11 is 3.29. The van der Waals surface area contributed by atoms with Crippen molar-refractivity contribution in [2.45, 2.75) is 19.1 Å². The number of hydrogen-bond donors (Lipinski definition) is 3. The first kappa shape index (κ1) is 17.2. The van der Waals surface area contributed by atoms with E-state index in [1.165, 1.54) is 7.11 Å². The van der Waals surface area contributed by atoms with Crippen LogP contribution in [-0.4, -0.2) is 55.0 Å². The van der Waals surface area contributed by atoms with Crippen molar-refractivity contribution < 1.29 is 14.9 Å². The van der Waals surface area contributed by atoms with Crippen LogP contribution in [0.5, 0.6) is 11.5 Å². The highest BCUT2D eigenvalue weighted by molar-refractivity contribution is 9.10. The van der Waals surface area contributed by atoms with Gasteiger partial charge in [-0.15, -0.1) is 0 Å². The number of halogens is 1. The molecule has 6 heteroatoms. The maximum Gasteiger partial charge on any atom is 0.172 e. The summed E-state index contributed by atoms with van der Waals surface area (Å²) < 4.78 is 5.69. The number of benzene rings is 1. The summed E-state index contributed by atoms with van der Waals surface area (Å²) in [4.78, 5) is 1.95. The van der Waals surface area contributed by atoms with E-state index in [-0.39, 0.29) is 5.75 Å². The van der Waals surface area contributed by atoms with Crippen LogP contribution < -0.4 is 10.1 Å². The summed E-state index contributed by atoms with van der Waals surface area (Å²) in [6, 6.07) is 3.60. The van der Waals surface area contributed by atoms with Gasteiger partial charge in [-0.2, -0.15) is 0 Å². The number of nitrogens with one attached hydrogen (secondary N) is 1. The molecule has 1 aromatic carbocycles. The first-order valence-corrected chi connectivity index (χ1v) is 7.17. The third-order valence-corrected chi connectivity index (χ3v) is 3.40. The minimum atomic E-state index is -0.790. The highest BCUT2D eigenvalue weighted by Gasteiger charge is 2.20. The number of aliphatic hydroxyl groups is 1. The lowest BCUT2D eigenvalue weighted by atomic mass is 10.1.